The molecule has 2 atom stereocenters. The topological polar surface area (TPSA) is 85.1 Å². The van der Waals surface area contributed by atoms with Crippen molar-refractivity contribution < 1.29 is 9.72 Å². The zero-order valence-electron chi connectivity index (χ0n) is 10.7. The second-order valence-corrected chi connectivity index (χ2v) is 5.77. The van der Waals surface area contributed by atoms with Crippen molar-refractivity contribution in [3.05, 3.63) is 27.4 Å². The summed E-state index contributed by atoms with van der Waals surface area (Å²) < 4.78 is 0. The number of hydrogen-bond donors (Lipinski definition) is 1. The van der Waals surface area contributed by atoms with Crippen molar-refractivity contribution in [3.63, 3.8) is 0 Å². The molecule has 106 valence electrons. The first-order valence-electron chi connectivity index (χ1n) is 6.69. The van der Waals surface area contributed by atoms with Crippen molar-refractivity contribution in [3.8, 4) is 0 Å². The molecule has 1 heterocycles. The number of carbonyl (C=O) groups is 1. The van der Waals surface area contributed by atoms with Gasteiger partial charge in [-0.2, -0.15) is 0 Å². The molecular formula is C13H14ClN3O3. The number of aromatic nitrogens is 1. The fraction of sp³-hybridized carbons (Fsp3) is 0.538. The number of nitro groups is 1. The molecule has 2 fully saturated rings. The van der Waals surface area contributed by atoms with E-state index in [2.05, 4.69) is 10.3 Å². The standard InChI is InChI=1S/C13H14ClN3O3/c14-10-6-5-9(17(19)20)12(15-10)16-13(18)11-7-3-1-2-4-8(7)11/h5-8,11H,1-4H2,(H,15,16,18). The maximum atomic E-state index is 12.2. The third kappa shape index (κ3) is 2.35. The fourth-order valence-corrected chi connectivity index (χ4v) is 3.40. The van der Waals surface area contributed by atoms with Gasteiger partial charge in [0, 0.05) is 12.0 Å². The zero-order chi connectivity index (χ0) is 14.3. The highest BCUT2D eigenvalue weighted by molar-refractivity contribution is 6.29. The molecule has 0 spiro atoms. The van der Waals surface area contributed by atoms with Gasteiger partial charge in [0.25, 0.3) is 0 Å². The second kappa shape index (κ2) is 5.01. The third-order valence-corrected chi connectivity index (χ3v) is 4.45. The molecular weight excluding hydrogens is 282 g/mol. The van der Waals surface area contributed by atoms with Crippen LogP contribution in [0.1, 0.15) is 25.7 Å². The molecule has 7 heteroatoms. The van der Waals surface area contributed by atoms with Crippen molar-refractivity contribution in [2.75, 3.05) is 5.32 Å². The molecule has 0 radical (unpaired) electrons. The summed E-state index contributed by atoms with van der Waals surface area (Å²) in [5.41, 5.74) is -0.230. The van der Waals surface area contributed by atoms with Gasteiger partial charge < -0.3 is 5.32 Å². The third-order valence-electron chi connectivity index (χ3n) is 4.24. The van der Waals surface area contributed by atoms with Gasteiger partial charge in [-0.15, -0.1) is 0 Å². The summed E-state index contributed by atoms with van der Waals surface area (Å²) in [5, 5.41) is 13.6. The highest BCUT2D eigenvalue weighted by Crippen LogP contribution is 2.55. The van der Waals surface area contributed by atoms with Crippen molar-refractivity contribution in [1.29, 1.82) is 0 Å². The molecule has 2 saturated carbocycles. The first-order chi connectivity index (χ1) is 9.58. The van der Waals surface area contributed by atoms with Crippen LogP contribution in [0.4, 0.5) is 11.5 Å². The summed E-state index contributed by atoms with van der Waals surface area (Å²) in [4.78, 5) is 26.4. The first kappa shape index (κ1) is 13.3. The largest absolute Gasteiger partial charge is 0.311 e. The van der Waals surface area contributed by atoms with Gasteiger partial charge in [-0.3, -0.25) is 14.9 Å². The summed E-state index contributed by atoms with van der Waals surface area (Å²) in [6, 6.07) is 2.59. The number of rotatable bonds is 3. The van der Waals surface area contributed by atoms with Gasteiger partial charge in [-0.1, -0.05) is 24.4 Å². The number of hydrogen-bond acceptors (Lipinski definition) is 4. The number of carbonyl (C=O) groups excluding carboxylic acids is 1. The second-order valence-electron chi connectivity index (χ2n) is 5.39. The molecule has 2 aliphatic rings. The van der Waals surface area contributed by atoms with E-state index >= 15 is 0 Å². The maximum absolute atomic E-state index is 12.2. The summed E-state index contributed by atoms with van der Waals surface area (Å²) >= 11 is 5.74. The van der Waals surface area contributed by atoms with E-state index in [1.54, 1.807) is 0 Å². The minimum atomic E-state index is -0.571. The van der Waals surface area contributed by atoms with Gasteiger partial charge in [-0.25, -0.2) is 4.98 Å². The van der Waals surface area contributed by atoms with Crippen LogP contribution < -0.4 is 5.32 Å². The van der Waals surface area contributed by atoms with Crippen molar-refractivity contribution in [2.24, 2.45) is 17.8 Å². The molecule has 2 aliphatic carbocycles. The van der Waals surface area contributed by atoms with Gasteiger partial charge in [-0.05, 0) is 30.7 Å². The van der Waals surface area contributed by atoms with Gasteiger partial charge in [0.05, 0.1) is 4.92 Å². The Kier molecular flexibility index (Phi) is 3.33. The Morgan fingerprint density at radius 1 is 1.35 bits per heavy atom. The summed E-state index contributed by atoms with van der Waals surface area (Å²) in [7, 11) is 0. The molecule has 1 N–H and O–H groups in total. The molecule has 1 amide bonds. The average molecular weight is 296 g/mol. The molecule has 1 aromatic rings. The van der Waals surface area contributed by atoms with E-state index in [9.17, 15) is 14.9 Å². The molecule has 2 unspecified atom stereocenters. The Bertz CT molecular complexity index is 566. The Labute approximate surface area is 120 Å². The molecule has 6 nitrogen and oxygen atoms in total. The first-order valence-corrected chi connectivity index (χ1v) is 7.07. The van der Waals surface area contributed by atoms with Crippen molar-refractivity contribution in [1.82, 2.24) is 4.98 Å². The number of anilines is 1. The van der Waals surface area contributed by atoms with Crippen LogP contribution in [0, 0.1) is 27.9 Å². The summed E-state index contributed by atoms with van der Waals surface area (Å²) in [6.07, 6.45) is 4.49. The number of pyridine rings is 1. The highest BCUT2D eigenvalue weighted by atomic mass is 35.5. The van der Waals surface area contributed by atoms with Crippen molar-refractivity contribution >= 4 is 29.0 Å². The minimum Gasteiger partial charge on any atom is -0.305 e. The van der Waals surface area contributed by atoms with Crippen LogP contribution in [0.15, 0.2) is 12.1 Å². The van der Waals surface area contributed by atoms with Crippen LogP contribution in [-0.2, 0) is 4.79 Å². The Balaban J connectivity index is 1.76. The van der Waals surface area contributed by atoms with Gasteiger partial charge in [0.2, 0.25) is 11.7 Å². The molecule has 20 heavy (non-hydrogen) atoms. The molecule has 1 aromatic heterocycles. The summed E-state index contributed by atoms with van der Waals surface area (Å²) in [6.45, 7) is 0. The maximum Gasteiger partial charge on any atom is 0.311 e. The smallest absolute Gasteiger partial charge is 0.305 e. The normalized spacial score (nSPS) is 27.6. The number of amides is 1. The van der Waals surface area contributed by atoms with Crippen LogP contribution >= 0.6 is 11.6 Å². The summed E-state index contributed by atoms with van der Waals surface area (Å²) in [5.74, 6) is 0.651. The van der Waals surface area contributed by atoms with Crippen LogP contribution in [0.3, 0.4) is 0 Å². The monoisotopic (exact) mass is 295 g/mol. The van der Waals surface area contributed by atoms with Gasteiger partial charge >= 0.3 is 5.69 Å². The molecule has 0 saturated heterocycles. The number of nitrogens with zero attached hydrogens (tertiary/aromatic N) is 2. The lowest BCUT2D eigenvalue weighted by Crippen LogP contribution is -2.17. The fourth-order valence-electron chi connectivity index (χ4n) is 3.25. The Hall–Kier alpha value is -1.69. The van der Waals surface area contributed by atoms with Gasteiger partial charge in [0.15, 0.2) is 0 Å². The van der Waals surface area contributed by atoms with Gasteiger partial charge in [0.1, 0.15) is 5.15 Å². The van der Waals surface area contributed by atoms with E-state index in [0.717, 1.165) is 12.8 Å². The van der Waals surface area contributed by atoms with E-state index in [-0.39, 0.29) is 28.5 Å². The quantitative estimate of drug-likeness (QED) is 0.527. The van der Waals surface area contributed by atoms with E-state index in [1.165, 1.54) is 25.0 Å². The predicted molar refractivity (Wildman–Crippen MR) is 73.5 cm³/mol. The number of nitrogens with one attached hydrogen (secondary N) is 1. The predicted octanol–water partition coefficient (Wildman–Crippen LogP) is 3.02. The Morgan fingerprint density at radius 2 is 2.00 bits per heavy atom. The lowest BCUT2D eigenvalue weighted by molar-refractivity contribution is -0.384. The number of halogens is 1. The van der Waals surface area contributed by atoms with E-state index in [0.29, 0.717) is 11.8 Å². The SMILES string of the molecule is O=C(Nc1nc(Cl)ccc1[N+](=O)[O-])C1C2CCCCC21. The minimum absolute atomic E-state index is 0.0158. The molecule has 0 aliphatic heterocycles. The molecule has 3 rings (SSSR count). The van der Waals surface area contributed by atoms with E-state index < -0.39 is 4.92 Å². The Morgan fingerprint density at radius 3 is 2.60 bits per heavy atom. The van der Waals surface area contributed by atoms with Crippen LogP contribution in [0.25, 0.3) is 0 Å². The van der Waals surface area contributed by atoms with E-state index in [1.807, 2.05) is 0 Å². The lowest BCUT2D eigenvalue weighted by atomic mass is 10.0. The van der Waals surface area contributed by atoms with Crippen LogP contribution in [-0.4, -0.2) is 15.8 Å². The van der Waals surface area contributed by atoms with E-state index in [4.69, 9.17) is 11.6 Å². The highest BCUT2D eigenvalue weighted by Gasteiger charge is 2.54. The zero-order valence-corrected chi connectivity index (χ0v) is 11.5. The molecule has 0 bridgehead atoms. The van der Waals surface area contributed by atoms with Crippen LogP contribution in [0.2, 0.25) is 5.15 Å². The molecule has 0 aromatic carbocycles. The average Bonchev–Trinajstić information content (AvgIpc) is 3.12. The lowest BCUT2D eigenvalue weighted by Gasteiger charge is -2.05. The van der Waals surface area contributed by atoms with Crippen LogP contribution in [0.5, 0.6) is 0 Å². The number of fused-ring (bicyclic) bond motifs is 1. The van der Waals surface area contributed by atoms with Crippen molar-refractivity contribution in [2.45, 2.75) is 25.7 Å².